The summed E-state index contributed by atoms with van der Waals surface area (Å²) >= 11 is 1.76. The predicted octanol–water partition coefficient (Wildman–Crippen LogP) is 3.85. The van der Waals surface area contributed by atoms with E-state index < -0.39 is 6.10 Å². The zero-order valence-corrected chi connectivity index (χ0v) is 19.0. The molecule has 0 spiro atoms. The number of carbonyl (C=O) groups excluding carboxylic acids is 2. The number of amides is 1. The van der Waals surface area contributed by atoms with E-state index in [0.717, 1.165) is 37.2 Å². The number of hydrogen-bond acceptors (Lipinski definition) is 5. The number of methoxy groups -OCH3 is 1. The van der Waals surface area contributed by atoms with Gasteiger partial charge in [0, 0.05) is 25.1 Å². The summed E-state index contributed by atoms with van der Waals surface area (Å²) in [4.78, 5) is 25.3. The lowest BCUT2D eigenvalue weighted by atomic mass is 9.95. The number of esters is 1. The van der Waals surface area contributed by atoms with E-state index in [0.29, 0.717) is 19.4 Å². The topological polar surface area (TPSA) is 66.8 Å². The molecular formula is C24H35NO4S. The van der Waals surface area contributed by atoms with E-state index in [9.17, 15) is 14.7 Å². The molecule has 0 unspecified atom stereocenters. The van der Waals surface area contributed by atoms with Gasteiger partial charge in [0.05, 0.1) is 19.3 Å². The minimum atomic E-state index is -0.501. The maximum atomic E-state index is 12.2. The second kappa shape index (κ2) is 13.5. The van der Waals surface area contributed by atoms with E-state index in [1.165, 1.54) is 12.7 Å². The Balaban J connectivity index is 1.71. The van der Waals surface area contributed by atoms with Crippen LogP contribution < -0.4 is 0 Å². The second-order valence-electron chi connectivity index (χ2n) is 7.86. The average Bonchev–Trinajstić information content (AvgIpc) is 3.12. The molecule has 1 saturated heterocycles. The highest BCUT2D eigenvalue weighted by molar-refractivity contribution is 7.99. The quantitative estimate of drug-likeness (QED) is 0.291. The molecule has 6 heteroatoms. The third-order valence-corrected chi connectivity index (χ3v) is 6.64. The summed E-state index contributed by atoms with van der Waals surface area (Å²) in [6, 6.07) is 10.4. The van der Waals surface area contributed by atoms with Crippen molar-refractivity contribution in [1.29, 1.82) is 0 Å². The fourth-order valence-corrected chi connectivity index (χ4v) is 4.45. The maximum absolute atomic E-state index is 12.2. The van der Waals surface area contributed by atoms with E-state index in [1.807, 2.05) is 35.3 Å². The van der Waals surface area contributed by atoms with Crippen molar-refractivity contribution in [3.05, 3.63) is 48.0 Å². The van der Waals surface area contributed by atoms with Crippen LogP contribution in [0.1, 0.15) is 44.6 Å². The first-order valence-electron chi connectivity index (χ1n) is 10.9. The largest absolute Gasteiger partial charge is 0.469 e. The monoisotopic (exact) mass is 433 g/mol. The van der Waals surface area contributed by atoms with Crippen LogP contribution in [-0.4, -0.2) is 59.2 Å². The zero-order valence-electron chi connectivity index (χ0n) is 18.2. The van der Waals surface area contributed by atoms with Gasteiger partial charge in [0.2, 0.25) is 5.91 Å². The zero-order chi connectivity index (χ0) is 21.8. The summed E-state index contributed by atoms with van der Waals surface area (Å²) in [7, 11) is 1.41. The van der Waals surface area contributed by atoms with Crippen LogP contribution >= 0.6 is 11.8 Å². The van der Waals surface area contributed by atoms with Crippen molar-refractivity contribution in [3.63, 3.8) is 0 Å². The molecule has 1 aliphatic heterocycles. The number of ether oxygens (including phenoxy) is 1. The van der Waals surface area contributed by atoms with Crippen molar-refractivity contribution < 1.29 is 19.4 Å². The van der Waals surface area contributed by atoms with Gasteiger partial charge in [-0.2, -0.15) is 11.8 Å². The number of aliphatic hydroxyl groups is 1. The van der Waals surface area contributed by atoms with Crippen LogP contribution in [0, 0.1) is 5.92 Å². The fourth-order valence-electron chi connectivity index (χ4n) is 3.57. The number of hydrogen-bond donors (Lipinski definition) is 1. The Morgan fingerprint density at radius 3 is 2.83 bits per heavy atom. The SMILES string of the molecule is COC(=O)CCCSCCN1C(=O)CC[C@@H]1/C=C/[C@@H](O)[C@@H](C)CCc1ccccc1. The molecule has 166 valence electrons. The number of aryl methyl sites for hydroxylation is 1. The predicted molar refractivity (Wildman–Crippen MR) is 122 cm³/mol. The van der Waals surface area contributed by atoms with Gasteiger partial charge in [0.25, 0.3) is 0 Å². The molecule has 5 nitrogen and oxygen atoms in total. The van der Waals surface area contributed by atoms with Crippen LogP contribution in [-0.2, 0) is 20.7 Å². The molecule has 1 aromatic carbocycles. The maximum Gasteiger partial charge on any atom is 0.305 e. The number of carbonyl (C=O) groups is 2. The van der Waals surface area contributed by atoms with Crippen molar-refractivity contribution >= 4 is 23.6 Å². The van der Waals surface area contributed by atoms with Crippen molar-refractivity contribution in [1.82, 2.24) is 4.90 Å². The molecule has 0 bridgehead atoms. The molecule has 1 amide bonds. The van der Waals surface area contributed by atoms with E-state index in [2.05, 4.69) is 23.8 Å². The molecule has 1 aliphatic rings. The Kier molecular flexibility index (Phi) is 11.0. The van der Waals surface area contributed by atoms with Gasteiger partial charge in [-0.1, -0.05) is 49.4 Å². The molecule has 1 fully saturated rings. The molecule has 30 heavy (non-hydrogen) atoms. The fraction of sp³-hybridized carbons (Fsp3) is 0.583. The first-order chi connectivity index (χ1) is 14.5. The molecule has 1 aromatic rings. The number of benzene rings is 1. The average molecular weight is 434 g/mol. The van der Waals surface area contributed by atoms with Crippen molar-refractivity contribution in [2.24, 2.45) is 5.92 Å². The van der Waals surface area contributed by atoms with Crippen molar-refractivity contribution in [2.45, 2.75) is 57.6 Å². The molecular weight excluding hydrogens is 398 g/mol. The number of aliphatic hydroxyl groups excluding tert-OH is 1. The summed E-state index contributed by atoms with van der Waals surface area (Å²) in [6.45, 7) is 2.77. The Bertz CT molecular complexity index is 679. The van der Waals surface area contributed by atoms with Crippen molar-refractivity contribution in [2.75, 3.05) is 25.2 Å². The highest BCUT2D eigenvalue weighted by atomic mass is 32.2. The molecule has 0 radical (unpaired) electrons. The van der Waals surface area contributed by atoms with Crippen LogP contribution in [0.15, 0.2) is 42.5 Å². The minimum Gasteiger partial charge on any atom is -0.469 e. The second-order valence-corrected chi connectivity index (χ2v) is 9.09. The van der Waals surface area contributed by atoms with Gasteiger partial charge in [-0.25, -0.2) is 0 Å². The van der Waals surface area contributed by atoms with E-state index in [1.54, 1.807) is 11.8 Å². The summed E-state index contributed by atoms with van der Waals surface area (Å²) in [5.74, 6) is 1.92. The molecule has 2 rings (SSSR count). The van der Waals surface area contributed by atoms with Crippen LogP contribution in [0.4, 0.5) is 0 Å². The van der Waals surface area contributed by atoms with Gasteiger partial charge in [-0.3, -0.25) is 9.59 Å². The third-order valence-electron chi connectivity index (χ3n) is 5.59. The number of nitrogens with zero attached hydrogens (tertiary/aromatic N) is 1. The lowest BCUT2D eigenvalue weighted by Crippen LogP contribution is -2.34. The highest BCUT2D eigenvalue weighted by Crippen LogP contribution is 2.22. The Labute approximate surface area is 184 Å². The number of likely N-dealkylation sites (tertiary alicyclic amines) is 1. The lowest BCUT2D eigenvalue weighted by Gasteiger charge is -2.23. The van der Waals surface area contributed by atoms with Gasteiger partial charge >= 0.3 is 5.97 Å². The molecule has 1 heterocycles. The standard InChI is InChI=1S/C24H35NO4S/c1-19(10-11-20-7-4-3-5-8-20)22(26)14-12-21-13-15-23(27)25(21)16-18-30-17-6-9-24(28)29-2/h3-5,7-8,12,14,19,21-22,26H,6,9-11,13,15-18H2,1-2H3/b14-12+/t19-,21-,22+/m0/s1. The van der Waals surface area contributed by atoms with E-state index in [4.69, 9.17) is 0 Å². The number of thioether (sulfide) groups is 1. The molecule has 3 atom stereocenters. The summed E-state index contributed by atoms with van der Waals surface area (Å²) < 4.78 is 4.64. The summed E-state index contributed by atoms with van der Waals surface area (Å²) in [6.07, 6.45) is 7.87. The summed E-state index contributed by atoms with van der Waals surface area (Å²) in [5.41, 5.74) is 1.29. The van der Waals surface area contributed by atoms with Crippen LogP contribution in [0.25, 0.3) is 0 Å². The first kappa shape index (κ1) is 24.5. The molecule has 0 aromatic heterocycles. The molecule has 1 N–H and O–H groups in total. The van der Waals surface area contributed by atoms with E-state index >= 15 is 0 Å². The molecule has 0 aliphatic carbocycles. The first-order valence-corrected chi connectivity index (χ1v) is 12.0. The van der Waals surface area contributed by atoms with E-state index in [-0.39, 0.29) is 23.8 Å². The Morgan fingerprint density at radius 2 is 2.10 bits per heavy atom. The van der Waals surface area contributed by atoms with Crippen molar-refractivity contribution in [3.8, 4) is 0 Å². The Hall–Kier alpha value is -1.79. The van der Waals surface area contributed by atoms with Crippen LogP contribution in [0.2, 0.25) is 0 Å². The smallest absolute Gasteiger partial charge is 0.305 e. The van der Waals surface area contributed by atoms with Gasteiger partial charge in [0.1, 0.15) is 0 Å². The van der Waals surface area contributed by atoms with Gasteiger partial charge in [-0.05, 0) is 42.9 Å². The normalized spacial score (nSPS) is 18.7. The Morgan fingerprint density at radius 1 is 1.33 bits per heavy atom. The highest BCUT2D eigenvalue weighted by Gasteiger charge is 2.28. The van der Waals surface area contributed by atoms with Gasteiger partial charge < -0.3 is 14.7 Å². The molecule has 0 saturated carbocycles. The lowest BCUT2D eigenvalue weighted by molar-refractivity contribution is -0.140. The third kappa shape index (κ3) is 8.52. The summed E-state index contributed by atoms with van der Waals surface area (Å²) in [5, 5.41) is 10.5. The number of rotatable bonds is 13. The van der Waals surface area contributed by atoms with Crippen LogP contribution in [0.3, 0.4) is 0 Å². The van der Waals surface area contributed by atoms with Gasteiger partial charge in [0.15, 0.2) is 0 Å². The van der Waals surface area contributed by atoms with Crippen LogP contribution in [0.5, 0.6) is 0 Å². The minimum absolute atomic E-state index is 0.0733. The van der Waals surface area contributed by atoms with Gasteiger partial charge in [-0.15, -0.1) is 0 Å².